The number of anilines is 1. The molecule has 1 atom stereocenters. The van der Waals surface area contributed by atoms with Gasteiger partial charge in [0.15, 0.2) is 0 Å². The standard InChI is InChI=1S/C22H30N2O5S/c1-6-20(24(30(5,26)27)18-10-12-19(28-4)13-11-18)22(25)23-14-15-29-21-9-7-8-16(2)17(21)3/h7-13,20H,6,14-15H2,1-5H3,(H,23,25). The summed E-state index contributed by atoms with van der Waals surface area (Å²) < 4.78 is 37.0. The van der Waals surface area contributed by atoms with Crippen LogP contribution in [0.25, 0.3) is 0 Å². The number of ether oxygens (including phenoxy) is 2. The van der Waals surface area contributed by atoms with Crippen LogP contribution in [0, 0.1) is 13.8 Å². The first kappa shape index (κ1) is 23.5. The highest BCUT2D eigenvalue weighted by Crippen LogP contribution is 2.25. The zero-order valence-electron chi connectivity index (χ0n) is 18.1. The third-order valence-corrected chi connectivity index (χ3v) is 6.05. The molecule has 2 aromatic rings. The van der Waals surface area contributed by atoms with Crippen molar-refractivity contribution in [3.8, 4) is 11.5 Å². The second-order valence-corrected chi connectivity index (χ2v) is 8.88. The van der Waals surface area contributed by atoms with Crippen molar-refractivity contribution in [3.63, 3.8) is 0 Å². The van der Waals surface area contributed by atoms with Crippen LogP contribution in [0.3, 0.4) is 0 Å². The predicted octanol–water partition coefficient (Wildman–Crippen LogP) is 3.05. The fourth-order valence-electron chi connectivity index (χ4n) is 3.12. The van der Waals surface area contributed by atoms with Gasteiger partial charge in [0.05, 0.1) is 25.6 Å². The van der Waals surface area contributed by atoms with Crippen LogP contribution in [-0.2, 0) is 14.8 Å². The van der Waals surface area contributed by atoms with Gasteiger partial charge >= 0.3 is 0 Å². The number of amides is 1. The summed E-state index contributed by atoms with van der Waals surface area (Å²) in [5, 5.41) is 2.79. The minimum atomic E-state index is -3.68. The Labute approximate surface area is 179 Å². The summed E-state index contributed by atoms with van der Waals surface area (Å²) in [7, 11) is -2.14. The SMILES string of the molecule is CCC(C(=O)NCCOc1cccc(C)c1C)N(c1ccc(OC)cc1)S(C)(=O)=O. The lowest BCUT2D eigenvalue weighted by molar-refractivity contribution is -0.122. The molecule has 2 aromatic carbocycles. The minimum Gasteiger partial charge on any atom is -0.497 e. The van der Waals surface area contributed by atoms with Crippen molar-refractivity contribution in [2.45, 2.75) is 33.2 Å². The van der Waals surface area contributed by atoms with Crippen LogP contribution in [0.1, 0.15) is 24.5 Å². The van der Waals surface area contributed by atoms with E-state index in [1.807, 2.05) is 32.0 Å². The molecule has 1 unspecified atom stereocenters. The van der Waals surface area contributed by atoms with E-state index in [1.54, 1.807) is 31.2 Å². The van der Waals surface area contributed by atoms with Crippen LogP contribution in [-0.4, -0.2) is 46.9 Å². The average Bonchev–Trinajstić information content (AvgIpc) is 2.71. The summed E-state index contributed by atoms with van der Waals surface area (Å²) in [6.07, 6.45) is 1.42. The smallest absolute Gasteiger partial charge is 0.244 e. The van der Waals surface area contributed by atoms with Gasteiger partial charge in [-0.3, -0.25) is 9.10 Å². The molecule has 0 radical (unpaired) electrons. The Hall–Kier alpha value is -2.74. The molecule has 1 amide bonds. The largest absolute Gasteiger partial charge is 0.497 e. The third-order valence-electron chi connectivity index (χ3n) is 4.87. The Morgan fingerprint density at radius 3 is 2.37 bits per heavy atom. The molecule has 1 N–H and O–H groups in total. The molecule has 0 bridgehead atoms. The number of methoxy groups -OCH3 is 1. The highest BCUT2D eigenvalue weighted by molar-refractivity contribution is 7.92. The maximum atomic E-state index is 12.8. The molecule has 0 aliphatic rings. The lowest BCUT2D eigenvalue weighted by atomic mass is 10.1. The molecule has 0 saturated heterocycles. The molecule has 0 spiro atoms. The quantitative estimate of drug-likeness (QED) is 0.581. The molecule has 164 valence electrons. The average molecular weight is 435 g/mol. The topological polar surface area (TPSA) is 84.9 Å². The Kier molecular flexibility index (Phi) is 8.11. The first-order valence-electron chi connectivity index (χ1n) is 9.79. The number of carbonyl (C=O) groups is 1. The second kappa shape index (κ2) is 10.3. The van der Waals surface area contributed by atoms with E-state index >= 15 is 0 Å². The van der Waals surface area contributed by atoms with Crippen LogP contribution >= 0.6 is 0 Å². The van der Waals surface area contributed by atoms with Crippen LogP contribution in [0.2, 0.25) is 0 Å². The first-order chi connectivity index (χ1) is 14.2. The maximum absolute atomic E-state index is 12.8. The first-order valence-corrected chi connectivity index (χ1v) is 11.6. The van der Waals surface area contributed by atoms with Crippen molar-refractivity contribution in [3.05, 3.63) is 53.6 Å². The summed E-state index contributed by atoms with van der Waals surface area (Å²) in [6, 6.07) is 11.5. The number of hydrogen-bond acceptors (Lipinski definition) is 5. The number of sulfonamides is 1. The highest BCUT2D eigenvalue weighted by Gasteiger charge is 2.31. The van der Waals surface area contributed by atoms with Gasteiger partial charge in [0.1, 0.15) is 24.1 Å². The third kappa shape index (κ3) is 5.89. The lowest BCUT2D eigenvalue weighted by Gasteiger charge is -2.30. The molecule has 0 aliphatic heterocycles. The number of benzene rings is 2. The van der Waals surface area contributed by atoms with E-state index in [9.17, 15) is 13.2 Å². The van der Waals surface area contributed by atoms with E-state index in [4.69, 9.17) is 9.47 Å². The van der Waals surface area contributed by atoms with E-state index in [2.05, 4.69) is 5.32 Å². The fourth-order valence-corrected chi connectivity index (χ4v) is 4.33. The number of nitrogens with one attached hydrogen (secondary N) is 1. The zero-order chi connectivity index (χ0) is 22.3. The molecular weight excluding hydrogens is 404 g/mol. The van der Waals surface area contributed by atoms with Gasteiger partial charge in [-0.1, -0.05) is 19.1 Å². The number of rotatable bonds is 10. The van der Waals surface area contributed by atoms with Gasteiger partial charge in [0, 0.05) is 0 Å². The number of nitrogens with zero attached hydrogens (tertiary/aromatic N) is 1. The highest BCUT2D eigenvalue weighted by atomic mass is 32.2. The monoisotopic (exact) mass is 434 g/mol. The summed E-state index contributed by atoms with van der Waals surface area (Å²) in [4.78, 5) is 12.8. The Morgan fingerprint density at radius 1 is 1.13 bits per heavy atom. The zero-order valence-corrected chi connectivity index (χ0v) is 19.0. The minimum absolute atomic E-state index is 0.267. The van der Waals surface area contributed by atoms with E-state index in [1.165, 1.54) is 7.11 Å². The van der Waals surface area contributed by atoms with Crippen molar-refractivity contribution >= 4 is 21.6 Å². The van der Waals surface area contributed by atoms with Gasteiger partial charge in [0.2, 0.25) is 15.9 Å². The molecule has 0 aromatic heterocycles. The summed E-state index contributed by atoms with van der Waals surface area (Å²) in [5.41, 5.74) is 2.59. The molecule has 0 heterocycles. The molecule has 0 saturated carbocycles. The van der Waals surface area contributed by atoms with Gasteiger partial charge in [-0.2, -0.15) is 0 Å². The number of aryl methyl sites for hydroxylation is 1. The molecule has 30 heavy (non-hydrogen) atoms. The molecule has 0 aliphatic carbocycles. The molecule has 2 rings (SSSR count). The summed E-state index contributed by atoms with van der Waals surface area (Å²) in [6.45, 7) is 6.32. The van der Waals surface area contributed by atoms with Crippen molar-refractivity contribution < 1.29 is 22.7 Å². The van der Waals surface area contributed by atoms with E-state index in [0.29, 0.717) is 17.9 Å². The predicted molar refractivity (Wildman–Crippen MR) is 119 cm³/mol. The molecule has 8 heteroatoms. The van der Waals surface area contributed by atoms with Crippen LogP contribution in [0.5, 0.6) is 11.5 Å². The van der Waals surface area contributed by atoms with Gasteiger partial charge in [-0.15, -0.1) is 0 Å². The van der Waals surface area contributed by atoms with E-state index < -0.39 is 16.1 Å². The summed E-state index contributed by atoms with van der Waals surface area (Å²) in [5.74, 6) is 1.00. The number of hydrogen-bond donors (Lipinski definition) is 1. The number of carbonyl (C=O) groups excluding carboxylic acids is 1. The molecular formula is C22H30N2O5S. The second-order valence-electron chi connectivity index (χ2n) is 7.02. The van der Waals surface area contributed by atoms with Crippen molar-refractivity contribution in [1.29, 1.82) is 0 Å². The van der Waals surface area contributed by atoms with Crippen LogP contribution in [0.15, 0.2) is 42.5 Å². The van der Waals surface area contributed by atoms with E-state index in [-0.39, 0.29) is 19.1 Å². The fraction of sp³-hybridized carbons (Fsp3) is 0.409. The Bertz CT molecular complexity index is 958. The molecule has 0 fully saturated rings. The Morgan fingerprint density at radius 2 is 1.80 bits per heavy atom. The summed E-state index contributed by atoms with van der Waals surface area (Å²) >= 11 is 0. The Balaban J connectivity index is 2.07. The van der Waals surface area contributed by atoms with Gasteiger partial charge in [-0.25, -0.2) is 8.42 Å². The van der Waals surface area contributed by atoms with Crippen LogP contribution < -0.4 is 19.1 Å². The van der Waals surface area contributed by atoms with E-state index in [0.717, 1.165) is 27.4 Å². The van der Waals surface area contributed by atoms with Crippen molar-refractivity contribution in [2.24, 2.45) is 0 Å². The van der Waals surface area contributed by atoms with Gasteiger partial charge in [-0.05, 0) is 61.7 Å². The normalized spacial score (nSPS) is 12.2. The van der Waals surface area contributed by atoms with Crippen molar-refractivity contribution in [1.82, 2.24) is 5.32 Å². The molecule has 7 nitrogen and oxygen atoms in total. The van der Waals surface area contributed by atoms with Gasteiger partial charge in [0.25, 0.3) is 0 Å². The maximum Gasteiger partial charge on any atom is 0.244 e. The lowest BCUT2D eigenvalue weighted by Crippen LogP contribution is -2.50. The van der Waals surface area contributed by atoms with Gasteiger partial charge < -0.3 is 14.8 Å². The van der Waals surface area contributed by atoms with Crippen molar-refractivity contribution in [2.75, 3.05) is 30.8 Å². The van der Waals surface area contributed by atoms with Crippen LogP contribution in [0.4, 0.5) is 5.69 Å².